The van der Waals surface area contributed by atoms with Crippen molar-refractivity contribution in [1.29, 1.82) is 0 Å². The second-order valence-corrected chi connectivity index (χ2v) is 6.56. The van der Waals surface area contributed by atoms with Gasteiger partial charge in [0.2, 0.25) is 10.0 Å². The lowest BCUT2D eigenvalue weighted by molar-refractivity contribution is 0.127. The van der Waals surface area contributed by atoms with Crippen LogP contribution in [0, 0.1) is 0 Å². The number of nitrogens with two attached hydrogens (primary N) is 1. The van der Waals surface area contributed by atoms with E-state index in [9.17, 15) is 8.42 Å². The molecule has 1 saturated heterocycles. The maximum Gasteiger partial charge on any atom is 0.215 e. The predicted octanol–water partition coefficient (Wildman–Crippen LogP) is 0.390. The molecule has 4 N–H and O–H groups in total. The van der Waals surface area contributed by atoms with Gasteiger partial charge in [-0.15, -0.1) is 0 Å². The van der Waals surface area contributed by atoms with Gasteiger partial charge >= 0.3 is 0 Å². The summed E-state index contributed by atoms with van der Waals surface area (Å²) in [4.78, 5) is 0. The monoisotopic (exact) mass is 293 g/mol. The molecule has 19 heavy (non-hydrogen) atoms. The summed E-state index contributed by atoms with van der Waals surface area (Å²) in [5.74, 6) is -0.207. The molecule has 8 heteroatoms. The first kappa shape index (κ1) is 16.2. The van der Waals surface area contributed by atoms with Gasteiger partial charge in [-0.2, -0.15) is 0 Å². The molecule has 1 fully saturated rings. The predicted molar refractivity (Wildman–Crippen MR) is 72.6 cm³/mol. The van der Waals surface area contributed by atoms with E-state index in [0.717, 1.165) is 12.8 Å². The van der Waals surface area contributed by atoms with Crippen molar-refractivity contribution in [3.8, 4) is 0 Å². The van der Waals surface area contributed by atoms with E-state index in [1.807, 2.05) is 0 Å². The van der Waals surface area contributed by atoms with E-state index < -0.39 is 15.6 Å². The highest BCUT2D eigenvalue weighted by Gasteiger charge is 2.37. The molecule has 112 valence electrons. The maximum absolute atomic E-state index is 12.2. The molecule has 0 aromatic carbocycles. The molecule has 0 saturated carbocycles. The van der Waals surface area contributed by atoms with Gasteiger partial charge in [0.1, 0.15) is 0 Å². The van der Waals surface area contributed by atoms with Crippen LogP contribution in [0.4, 0.5) is 0 Å². The lowest BCUT2D eigenvalue weighted by Gasteiger charge is -2.31. The summed E-state index contributed by atoms with van der Waals surface area (Å²) in [6.45, 7) is 4.18. The summed E-state index contributed by atoms with van der Waals surface area (Å²) in [7, 11) is -3.55. The van der Waals surface area contributed by atoms with Gasteiger partial charge in [0, 0.05) is 6.61 Å². The third-order valence-electron chi connectivity index (χ3n) is 3.59. The molecule has 0 aliphatic carbocycles. The number of oxime groups is 1. The normalized spacial score (nSPS) is 21.8. The molecule has 0 radical (unpaired) electrons. The molecule has 1 rings (SSSR count). The molecular formula is C11H23N3O4S. The summed E-state index contributed by atoms with van der Waals surface area (Å²) in [6.07, 6.45) is 2.17. The van der Waals surface area contributed by atoms with Crippen molar-refractivity contribution in [2.24, 2.45) is 10.9 Å². The summed E-state index contributed by atoms with van der Waals surface area (Å²) < 4.78 is 32.2. The van der Waals surface area contributed by atoms with E-state index in [-0.39, 0.29) is 17.7 Å². The minimum atomic E-state index is -3.55. The number of hydrogen-bond acceptors (Lipinski definition) is 5. The topological polar surface area (TPSA) is 114 Å². The van der Waals surface area contributed by atoms with Crippen LogP contribution in [0.25, 0.3) is 0 Å². The standard InChI is InChI=1S/C11H23N3O4S/c1-3-11(4-2,10(12)13-15)14-19(16,17)8-9-6-5-7-18-9/h9,14-15H,3-8H2,1-2H3,(H2,12,13). The Labute approximate surface area is 114 Å². The largest absolute Gasteiger partial charge is 0.409 e. The number of nitrogens with zero attached hydrogens (tertiary/aromatic N) is 1. The third kappa shape index (κ3) is 4.05. The third-order valence-corrected chi connectivity index (χ3v) is 5.10. The zero-order valence-corrected chi connectivity index (χ0v) is 12.2. The van der Waals surface area contributed by atoms with Crippen molar-refractivity contribution in [1.82, 2.24) is 4.72 Å². The van der Waals surface area contributed by atoms with Crippen LogP contribution in [-0.2, 0) is 14.8 Å². The maximum atomic E-state index is 12.2. The fourth-order valence-corrected chi connectivity index (χ4v) is 4.09. The zero-order valence-electron chi connectivity index (χ0n) is 11.4. The van der Waals surface area contributed by atoms with Crippen molar-refractivity contribution in [3.05, 3.63) is 0 Å². The number of sulfonamides is 1. The number of rotatable bonds is 7. The Morgan fingerprint density at radius 1 is 1.53 bits per heavy atom. The van der Waals surface area contributed by atoms with Gasteiger partial charge < -0.3 is 15.7 Å². The van der Waals surface area contributed by atoms with E-state index in [4.69, 9.17) is 15.7 Å². The zero-order chi connectivity index (χ0) is 14.5. The minimum absolute atomic E-state index is 0.0898. The van der Waals surface area contributed by atoms with Gasteiger partial charge in [-0.1, -0.05) is 19.0 Å². The van der Waals surface area contributed by atoms with Crippen LogP contribution >= 0.6 is 0 Å². The van der Waals surface area contributed by atoms with Crippen LogP contribution in [0.1, 0.15) is 39.5 Å². The molecule has 1 aliphatic heterocycles. The number of nitrogens with one attached hydrogen (secondary N) is 1. The molecule has 0 aromatic rings. The summed E-state index contributed by atoms with van der Waals surface area (Å²) in [5.41, 5.74) is 4.59. The molecule has 0 aromatic heterocycles. The highest BCUT2D eigenvalue weighted by molar-refractivity contribution is 7.89. The van der Waals surface area contributed by atoms with Gasteiger partial charge in [-0.3, -0.25) is 0 Å². The molecule has 1 atom stereocenters. The Balaban J connectivity index is 2.82. The van der Waals surface area contributed by atoms with Crippen molar-refractivity contribution >= 4 is 15.9 Å². The first-order chi connectivity index (χ1) is 8.89. The van der Waals surface area contributed by atoms with Crippen LogP contribution < -0.4 is 10.5 Å². The Hall–Kier alpha value is -0.860. The average molecular weight is 293 g/mol. The van der Waals surface area contributed by atoms with Crippen LogP contribution in [0.2, 0.25) is 0 Å². The quantitative estimate of drug-likeness (QED) is 0.272. The Morgan fingerprint density at radius 3 is 2.58 bits per heavy atom. The Morgan fingerprint density at radius 2 is 2.16 bits per heavy atom. The van der Waals surface area contributed by atoms with Crippen molar-refractivity contribution < 1.29 is 18.4 Å². The van der Waals surface area contributed by atoms with Crippen molar-refractivity contribution in [3.63, 3.8) is 0 Å². The molecule has 1 aliphatic rings. The smallest absolute Gasteiger partial charge is 0.215 e. The van der Waals surface area contributed by atoms with E-state index in [1.165, 1.54) is 0 Å². The van der Waals surface area contributed by atoms with Gasteiger partial charge in [0.05, 0.1) is 17.4 Å². The van der Waals surface area contributed by atoms with Crippen LogP contribution in [0.5, 0.6) is 0 Å². The Kier molecular flexibility index (Phi) is 5.57. The van der Waals surface area contributed by atoms with E-state index in [0.29, 0.717) is 19.4 Å². The number of ether oxygens (including phenoxy) is 1. The SMILES string of the molecule is CCC(CC)(NS(=O)(=O)CC1CCCO1)C(N)=NO. The highest BCUT2D eigenvalue weighted by Crippen LogP contribution is 2.19. The fourth-order valence-electron chi connectivity index (χ4n) is 2.26. The van der Waals surface area contributed by atoms with E-state index >= 15 is 0 Å². The molecule has 0 spiro atoms. The van der Waals surface area contributed by atoms with Gasteiger partial charge in [0.25, 0.3) is 0 Å². The van der Waals surface area contributed by atoms with E-state index in [1.54, 1.807) is 13.8 Å². The molecular weight excluding hydrogens is 270 g/mol. The van der Waals surface area contributed by atoms with E-state index in [2.05, 4.69) is 9.88 Å². The van der Waals surface area contributed by atoms with Crippen molar-refractivity contribution in [2.75, 3.05) is 12.4 Å². The first-order valence-electron chi connectivity index (χ1n) is 6.50. The summed E-state index contributed by atoms with van der Waals surface area (Å²) in [6, 6.07) is 0. The molecule has 0 amide bonds. The van der Waals surface area contributed by atoms with Gasteiger partial charge in [0.15, 0.2) is 5.84 Å². The fraction of sp³-hybridized carbons (Fsp3) is 0.909. The van der Waals surface area contributed by atoms with Gasteiger partial charge in [-0.25, -0.2) is 13.1 Å². The van der Waals surface area contributed by atoms with Crippen LogP contribution in [-0.4, -0.2) is 43.5 Å². The second-order valence-electron chi connectivity index (χ2n) is 4.79. The lowest BCUT2D eigenvalue weighted by atomic mass is 9.93. The molecule has 1 unspecified atom stereocenters. The van der Waals surface area contributed by atoms with Crippen LogP contribution in [0.15, 0.2) is 5.16 Å². The lowest BCUT2D eigenvalue weighted by Crippen LogP contribution is -2.57. The Bertz CT molecular complexity index is 412. The summed E-state index contributed by atoms with van der Waals surface area (Å²) >= 11 is 0. The van der Waals surface area contributed by atoms with Crippen LogP contribution in [0.3, 0.4) is 0 Å². The number of hydrogen-bond donors (Lipinski definition) is 3. The first-order valence-corrected chi connectivity index (χ1v) is 8.15. The highest BCUT2D eigenvalue weighted by atomic mass is 32.2. The molecule has 0 bridgehead atoms. The summed E-state index contributed by atoms with van der Waals surface area (Å²) in [5, 5.41) is 11.8. The average Bonchev–Trinajstić information content (AvgIpc) is 2.87. The van der Waals surface area contributed by atoms with Crippen molar-refractivity contribution in [2.45, 2.75) is 51.2 Å². The minimum Gasteiger partial charge on any atom is -0.409 e. The second kappa shape index (κ2) is 6.53. The van der Waals surface area contributed by atoms with Gasteiger partial charge in [-0.05, 0) is 25.7 Å². The number of amidine groups is 1. The molecule has 1 heterocycles. The molecule has 7 nitrogen and oxygen atoms in total.